The zero-order valence-corrected chi connectivity index (χ0v) is 9.62. The van der Waals surface area contributed by atoms with Gasteiger partial charge in [-0.1, -0.05) is 17.7 Å². The molecule has 0 aliphatic rings. The maximum Gasteiger partial charge on any atom is 0.244 e. The summed E-state index contributed by atoms with van der Waals surface area (Å²) in [5, 5.41) is 8.24. The summed E-state index contributed by atoms with van der Waals surface area (Å²) in [5.74, 6) is -1.03. The van der Waals surface area contributed by atoms with E-state index in [0.717, 1.165) is 5.56 Å². The molecule has 1 aromatic rings. The summed E-state index contributed by atoms with van der Waals surface area (Å²) < 4.78 is 23.4. The van der Waals surface area contributed by atoms with Crippen LogP contribution in [0.4, 0.5) is 0 Å². The molecule has 0 aliphatic carbocycles. The van der Waals surface area contributed by atoms with Crippen molar-refractivity contribution in [3.63, 3.8) is 0 Å². The summed E-state index contributed by atoms with van der Waals surface area (Å²) in [6.07, 6.45) is -0.257. The van der Waals surface area contributed by atoms with Crippen molar-refractivity contribution in [2.24, 2.45) is 0 Å². The van der Waals surface area contributed by atoms with Crippen LogP contribution in [-0.4, -0.2) is 25.3 Å². The molecule has 2 N–H and O–H groups in total. The maximum absolute atomic E-state index is 11.7. The van der Waals surface area contributed by atoms with Gasteiger partial charge in [-0.15, -0.1) is 0 Å². The molecule has 0 bridgehead atoms. The summed E-state index contributed by atoms with van der Waals surface area (Å²) in [6, 6.07) is 6.39. The minimum Gasteiger partial charge on any atom is -0.289 e. The normalized spacial score (nSPS) is 11.1. The van der Waals surface area contributed by atoms with Gasteiger partial charge in [-0.3, -0.25) is 10.0 Å². The van der Waals surface area contributed by atoms with Gasteiger partial charge < -0.3 is 0 Å². The molecule has 0 saturated heterocycles. The number of benzene rings is 1. The standard InChI is InChI=1S/C10H13NO4S/c1-8-2-4-9(5-3-8)16(14,15)7-6-10(12)11-13/h2-5,13H,6-7H2,1H3,(H,11,12). The van der Waals surface area contributed by atoms with Crippen LogP contribution in [0.1, 0.15) is 12.0 Å². The molecule has 88 valence electrons. The van der Waals surface area contributed by atoms with E-state index >= 15 is 0 Å². The van der Waals surface area contributed by atoms with Gasteiger partial charge in [0.15, 0.2) is 9.84 Å². The van der Waals surface area contributed by atoms with Gasteiger partial charge >= 0.3 is 0 Å². The first-order valence-electron chi connectivity index (χ1n) is 4.68. The van der Waals surface area contributed by atoms with Gasteiger partial charge in [-0.2, -0.15) is 0 Å². The summed E-state index contributed by atoms with van der Waals surface area (Å²) in [7, 11) is -3.45. The maximum atomic E-state index is 11.7. The first kappa shape index (κ1) is 12.7. The van der Waals surface area contributed by atoms with Crippen LogP contribution in [0.25, 0.3) is 0 Å². The Bertz CT molecular complexity index is 464. The van der Waals surface area contributed by atoms with Crippen LogP contribution in [0.5, 0.6) is 0 Å². The van der Waals surface area contributed by atoms with E-state index in [1.54, 1.807) is 12.1 Å². The van der Waals surface area contributed by atoms with Crippen LogP contribution in [-0.2, 0) is 14.6 Å². The van der Waals surface area contributed by atoms with Crippen molar-refractivity contribution in [1.29, 1.82) is 0 Å². The van der Waals surface area contributed by atoms with Gasteiger partial charge in [0.05, 0.1) is 10.6 Å². The molecule has 5 nitrogen and oxygen atoms in total. The fourth-order valence-corrected chi connectivity index (χ4v) is 2.39. The number of hydrogen-bond acceptors (Lipinski definition) is 4. The van der Waals surface area contributed by atoms with E-state index < -0.39 is 15.7 Å². The Labute approximate surface area is 94.0 Å². The largest absolute Gasteiger partial charge is 0.289 e. The topological polar surface area (TPSA) is 83.5 Å². The zero-order chi connectivity index (χ0) is 12.2. The molecule has 0 heterocycles. The molecular formula is C10H13NO4S. The number of carbonyl (C=O) groups excluding carboxylic acids is 1. The van der Waals surface area contributed by atoms with Crippen molar-refractivity contribution in [2.45, 2.75) is 18.2 Å². The lowest BCUT2D eigenvalue weighted by atomic mass is 10.2. The van der Waals surface area contributed by atoms with E-state index in [1.807, 2.05) is 6.92 Å². The lowest BCUT2D eigenvalue weighted by molar-refractivity contribution is -0.128. The monoisotopic (exact) mass is 243 g/mol. The van der Waals surface area contributed by atoms with Gasteiger partial charge in [0.1, 0.15) is 0 Å². The van der Waals surface area contributed by atoms with Crippen LogP contribution >= 0.6 is 0 Å². The summed E-state index contributed by atoms with van der Waals surface area (Å²) >= 11 is 0. The second-order valence-corrected chi connectivity index (χ2v) is 5.53. The highest BCUT2D eigenvalue weighted by molar-refractivity contribution is 7.91. The van der Waals surface area contributed by atoms with Gasteiger partial charge in [-0.25, -0.2) is 13.9 Å². The van der Waals surface area contributed by atoms with Crippen molar-refractivity contribution >= 4 is 15.7 Å². The van der Waals surface area contributed by atoms with Gasteiger partial charge in [0.2, 0.25) is 5.91 Å². The second-order valence-electron chi connectivity index (χ2n) is 3.42. The van der Waals surface area contributed by atoms with Crippen LogP contribution in [0.15, 0.2) is 29.2 Å². The van der Waals surface area contributed by atoms with E-state index in [9.17, 15) is 13.2 Å². The second kappa shape index (κ2) is 5.09. The first-order chi connectivity index (χ1) is 7.45. The molecule has 6 heteroatoms. The van der Waals surface area contributed by atoms with Gasteiger partial charge in [0, 0.05) is 6.42 Å². The molecule has 1 amide bonds. The van der Waals surface area contributed by atoms with E-state index in [2.05, 4.69) is 0 Å². The number of hydroxylamine groups is 1. The third-order valence-electron chi connectivity index (χ3n) is 2.10. The summed E-state index contributed by atoms with van der Waals surface area (Å²) in [5.41, 5.74) is 2.36. The Morgan fingerprint density at radius 1 is 1.31 bits per heavy atom. The number of rotatable bonds is 4. The Hall–Kier alpha value is -1.40. The van der Waals surface area contributed by atoms with Crippen molar-refractivity contribution in [1.82, 2.24) is 5.48 Å². The van der Waals surface area contributed by atoms with E-state index in [0.29, 0.717) is 0 Å². The summed E-state index contributed by atoms with van der Waals surface area (Å²) in [6.45, 7) is 1.86. The predicted molar refractivity (Wildman–Crippen MR) is 57.8 cm³/mol. The molecule has 0 saturated carbocycles. The van der Waals surface area contributed by atoms with Crippen LogP contribution < -0.4 is 5.48 Å². The number of sulfone groups is 1. The summed E-state index contributed by atoms with van der Waals surface area (Å²) in [4.78, 5) is 10.9. The van der Waals surface area contributed by atoms with Gasteiger partial charge in [0.25, 0.3) is 0 Å². The van der Waals surface area contributed by atoms with E-state index in [-0.39, 0.29) is 17.1 Å². The quantitative estimate of drug-likeness (QED) is 0.601. The first-order valence-corrected chi connectivity index (χ1v) is 6.33. The number of amides is 1. The Balaban J connectivity index is 2.78. The molecule has 0 fully saturated rings. The third kappa shape index (κ3) is 3.32. The lowest BCUT2D eigenvalue weighted by Crippen LogP contribution is -2.22. The smallest absolute Gasteiger partial charge is 0.244 e. The molecule has 1 aromatic carbocycles. The number of carbonyl (C=O) groups is 1. The lowest BCUT2D eigenvalue weighted by Gasteiger charge is -2.03. The van der Waals surface area contributed by atoms with Crippen molar-refractivity contribution in [2.75, 3.05) is 5.75 Å². The minimum absolute atomic E-state index is 0.184. The van der Waals surface area contributed by atoms with Crippen molar-refractivity contribution in [3.05, 3.63) is 29.8 Å². The average molecular weight is 243 g/mol. The van der Waals surface area contributed by atoms with E-state index in [1.165, 1.54) is 17.6 Å². The Morgan fingerprint density at radius 2 is 1.88 bits per heavy atom. The molecule has 0 spiro atoms. The number of aryl methyl sites for hydroxylation is 1. The molecule has 0 aromatic heterocycles. The highest BCUT2D eigenvalue weighted by atomic mass is 32.2. The third-order valence-corrected chi connectivity index (χ3v) is 3.83. The fourth-order valence-electron chi connectivity index (χ4n) is 1.15. The highest BCUT2D eigenvalue weighted by Crippen LogP contribution is 2.12. The minimum atomic E-state index is -3.45. The highest BCUT2D eigenvalue weighted by Gasteiger charge is 2.15. The number of nitrogens with one attached hydrogen (secondary N) is 1. The molecule has 0 radical (unpaired) electrons. The van der Waals surface area contributed by atoms with Crippen LogP contribution in [0.3, 0.4) is 0 Å². The van der Waals surface area contributed by atoms with E-state index in [4.69, 9.17) is 5.21 Å². The van der Waals surface area contributed by atoms with Crippen LogP contribution in [0.2, 0.25) is 0 Å². The van der Waals surface area contributed by atoms with Crippen molar-refractivity contribution < 1.29 is 18.4 Å². The number of hydrogen-bond donors (Lipinski definition) is 2. The van der Waals surface area contributed by atoms with Gasteiger partial charge in [-0.05, 0) is 19.1 Å². The SMILES string of the molecule is Cc1ccc(S(=O)(=O)CCC(=O)NO)cc1. The molecule has 16 heavy (non-hydrogen) atoms. The van der Waals surface area contributed by atoms with Crippen LogP contribution in [0, 0.1) is 6.92 Å². The zero-order valence-electron chi connectivity index (χ0n) is 8.80. The van der Waals surface area contributed by atoms with Crippen molar-refractivity contribution in [3.8, 4) is 0 Å². The average Bonchev–Trinajstić information content (AvgIpc) is 2.26. The fraction of sp³-hybridized carbons (Fsp3) is 0.300. The predicted octanol–water partition coefficient (Wildman–Crippen LogP) is 0.664. The Morgan fingerprint density at radius 3 is 2.38 bits per heavy atom. The molecular weight excluding hydrogens is 230 g/mol. The molecule has 0 atom stereocenters. The Kier molecular flexibility index (Phi) is 4.03. The molecule has 1 rings (SSSR count). The molecule has 0 aliphatic heterocycles. The molecule has 0 unspecified atom stereocenters.